The normalized spacial score (nSPS) is 22.1. The Morgan fingerprint density at radius 1 is 1.08 bits per heavy atom. The highest BCUT2D eigenvalue weighted by molar-refractivity contribution is 5.66. The first-order chi connectivity index (χ1) is 17.4. The number of imidazole rings is 1. The van der Waals surface area contributed by atoms with Crippen molar-refractivity contribution in [3.63, 3.8) is 0 Å². The van der Waals surface area contributed by atoms with Gasteiger partial charge in [-0.25, -0.2) is 13.8 Å². The number of nitrogens with zero attached hydrogens (tertiary/aromatic N) is 4. The van der Waals surface area contributed by atoms with E-state index in [1.54, 1.807) is 37.8 Å². The van der Waals surface area contributed by atoms with Crippen LogP contribution in [0.25, 0.3) is 16.8 Å². The summed E-state index contributed by atoms with van der Waals surface area (Å²) in [6.45, 7) is 2.15. The lowest BCUT2D eigenvalue weighted by atomic mass is 9.74. The Balaban J connectivity index is 1.49. The van der Waals surface area contributed by atoms with E-state index < -0.39 is 11.6 Å². The van der Waals surface area contributed by atoms with E-state index in [-0.39, 0.29) is 35.1 Å². The summed E-state index contributed by atoms with van der Waals surface area (Å²) in [6.07, 6.45) is 6.86. The summed E-state index contributed by atoms with van der Waals surface area (Å²) in [7, 11) is 3.06. The van der Waals surface area contributed by atoms with Crippen LogP contribution in [0.15, 0.2) is 48.9 Å². The molecule has 8 nitrogen and oxygen atoms in total. The fraction of sp³-hybridized carbons (Fsp3) is 0.346. The van der Waals surface area contributed by atoms with Crippen LogP contribution in [-0.4, -0.2) is 45.9 Å². The zero-order chi connectivity index (χ0) is 25.4. The largest absolute Gasteiger partial charge is 0.497 e. The van der Waals surface area contributed by atoms with Crippen molar-refractivity contribution in [2.45, 2.75) is 37.8 Å². The average Bonchev–Trinajstić information content (AvgIpc) is 3.25. The second kappa shape index (κ2) is 9.79. The highest BCUT2D eigenvalue weighted by Gasteiger charge is 2.35. The Morgan fingerprint density at radius 2 is 1.86 bits per heavy atom. The Kier molecular flexibility index (Phi) is 6.55. The van der Waals surface area contributed by atoms with E-state index in [4.69, 9.17) is 15.2 Å². The lowest BCUT2D eigenvalue weighted by Crippen LogP contribution is -2.45. The number of benzene rings is 1. The molecule has 1 aliphatic rings. The van der Waals surface area contributed by atoms with E-state index in [0.29, 0.717) is 17.4 Å². The standard InChI is InChI=1S/C26H28F2N6O2/c1-14-8-15(9-21(29)25(14)36-3)18-6-7-30-13-23(18)32-26-31-12-16-4-5-22(33-34(16)26)24-19(27)10-17(35-2)11-20(24)28/h4-7,10-15,21,25H,8-9,29H2,1-3H3,(H,31,32). The summed E-state index contributed by atoms with van der Waals surface area (Å²) in [5.74, 6) is -0.518. The predicted octanol–water partition coefficient (Wildman–Crippen LogP) is 4.68. The molecule has 4 aromatic rings. The van der Waals surface area contributed by atoms with E-state index in [1.807, 2.05) is 6.07 Å². The molecular weight excluding hydrogens is 466 g/mol. The van der Waals surface area contributed by atoms with Crippen LogP contribution >= 0.6 is 0 Å². The molecule has 0 saturated heterocycles. The number of fused-ring (bicyclic) bond motifs is 1. The number of aromatic nitrogens is 4. The molecule has 0 aliphatic heterocycles. The molecule has 3 N–H and O–H groups in total. The van der Waals surface area contributed by atoms with Gasteiger partial charge in [-0.05, 0) is 48.4 Å². The monoisotopic (exact) mass is 494 g/mol. The lowest BCUT2D eigenvalue weighted by molar-refractivity contribution is 0.00984. The van der Waals surface area contributed by atoms with Gasteiger partial charge < -0.3 is 20.5 Å². The lowest BCUT2D eigenvalue weighted by Gasteiger charge is -2.38. The van der Waals surface area contributed by atoms with Gasteiger partial charge in [-0.2, -0.15) is 9.61 Å². The SMILES string of the molecule is COc1cc(F)c(-c2ccc3cnc(Nc4cnccc4C4CC(C)C(OC)C(N)C4)n3n2)c(F)c1. The maximum absolute atomic E-state index is 14.7. The van der Waals surface area contributed by atoms with Crippen molar-refractivity contribution in [1.82, 2.24) is 19.6 Å². The van der Waals surface area contributed by atoms with E-state index >= 15 is 0 Å². The number of methoxy groups -OCH3 is 2. The number of halogens is 2. The number of rotatable bonds is 6. The summed E-state index contributed by atoms with van der Waals surface area (Å²) >= 11 is 0. The summed E-state index contributed by atoms with van der Waals surface area (Å²) < 4.78 is 41.5. The number of nitrogens with two attached hydrogens (primary N) is 1. The molecule has 188 valence electrons. The molecule has 5 rings (SSSR count). The summed E-state index contributed by atoms with van der Waals surface area (Å²) in [5.41, 5.74) is 8.83. The van der Waals surface area contributed by atoms with Gasteiger partial charge in [0.25, 0.3) is 0 Å². The molecule has 1 aromatic carbocycles. The molecule has 0 spiro atoms. The van der Waals surface area contributed by atoms with Gasteiger partial charge >= 0.3 is 0 Å². The minimum Gasteiger partial charge on any atom is -0.497 e. The van der Waals surface area contributed by atoms with Crippen LogP contribution in [0.5, 0.6) is 5.75 Å². The molecule has 0 amide bonds. The van der Waals surface area contributed by atoms with Crippen LogP contribution in [-0.2, 0) is 4.74 Å². The number of ether oxygens (including phenoxy) is 2. The molecule has 10 heteroatoms. The Bertz CT molecular complexity index is 1360. The number of pyridine rings is 1. The van der Waals surface area contributed by atoms with Crippen molar-refractivity contribution >= 4 is 17.2 Å². The van der Waals surface area contributed by atoms with Gasteiger partial charge in [-0.3, -0.25) is 4.98 Å². The summed E-state index contributed by atoms with van der Waals surface area (Å²) in [4.78, 5) is 8.74. The predicted molar refractivity (Wildman–Crippen MR) is 132 cm³/mol. The number of nitrogens with one attached hydrogen (secondary N) is 1. The molecule has 3 aromatic heterocycles. The highest BCUT2D eigenvalue weighted by atomic mass is 19.1. The van der Waals surface area contributed by atoms with E-state index in [2.05, 4.69) is 27.3 Å². The third-order valence-electron chi connectivity index (χ3n) is 6.90. The molecular formula is C26H28F2N6O2. The van der Waals surface area contributed by atoms with E-state index in [9.17, 15) is 8.78 Å². The molecule has 1 saturated carbocycles. The third kappa shape index (κ3) is 4.38. The third-order valence-corrected chi connectivity index (χ3v) is 6.90. The molecule has 1 fully saturated rings. The van der Waals surface area contributed by atoms with Crippen molar-refractivity contribution < 1.29 is 18.3 Å². The molecule has 4 atom stereocenters. The Morgan fingerprint density at radius 3 is 2.56 bits per heavy atom. The molecule has 0 radical (unpaired) electrons. The fourth-order valence-electron chi connectivity index (χ4n) is 5.22. The Labute approximate surface area is 207 Å². The number of hydrogen-bond acceptors (Lipinski definition) is 7. The maximum Gasteiger partial charge on any atom is 0.229 e. The van der Waals surface area contributed by atoms with E-state index in [1.165, 1.54) is 11.6 Å². The van der Waals surface area contributed by atoms with Crippen LogP contribution in [0.2, 0.25) is 0 Å². The second-order valence-corrected chi connectivity index (χ2v) is 9.20. The summed E-state index contributed by atoms with van der Waals surface area (Å²) in [5, 5.41) is 7.80. The van der Waals surface area contributed by atoms with Crippen molar-refractivity contribution in [2.75, 3.05) is 19.5 Å². The zero-order valence-electron chi connectivity index (χ0n) is 20.3. The van der Waals surface area contributed by atoms with Gasteiger partial charge in [0, 0.05) is 31.5 Å². The number of hydrogen-bond donors (Lipinski definition) is 2. The van der Waals surface area contributed by atoms with Crippen molar-refractivity contribution in [3.8, 4) is 17.0 Å². The van der Waals surface area contributed by atoms with Crippen molar-refractivity contribution in [1.29, 1.82) is 0 Å². The van der Waals surface area contributed by atoms with Crippen LogP contribution in [0.1, 0.15) is 31.2 Å². The zero-order valence-corrected chi connectivity index (χ0v) is 20.3. The molecule has 3 heterocycles. The van der Waals surface area contributed by atoms with Gasteiger partial charge in [0.05, 0.1) is 48.1 Å². The summed E-state index contributed by atoms with van der Waals surface area (Å²) in [6, 6.07) is 7.43. The quantitative estimate of drug-likeness (QED) is 0.402. The first-order valence-corrected chi connectivity index (χ1v) is 11.8. The van der Waals surface area contributed by atoms with Gasteiger partial charge in [0.15, 0.2) is 0 Å². The van der Waals surface area contributed by atoms with Crippen molar-refractivity contribution in [3.05, 3.63) is 66.1 Å². The molecule has 4 unspecified atom stereocenters. The van der Waals surface area contributed by atoms with Crippen LogP contribution < -0.4 is 15.8 Å². The highest BCUT2D eigenvalue weighted by Crippen LogP contribution is 2.40. The minimum absolute atomic E-state index is 0.0251. The first-order valence-electron chi connectivity index (χ1n) is 11.8. The second-order valence-electron chi connectivity index (χ2n) is 9.20. The topological polar surface area (TPSA) is 99.6 Å². The van der Waals surface area contributed by atoms with E-state index in [0.717, 1.165) is 36.2 Å². The van der Waals surface area contributed by atoms with Crippen LogP contribution in [0.4, 0.5) is 20.4 Å². The average molecular weight is 495 g/mol. The van der Waals surface area contributed by atoms with Crippen LogP contribution in [0.3, 0.4) is 0 Å². The van der Waals surface area contributed by atoms with Gasteiger partial charge in [-0.1, -0.05) is 6.92 Å². The van der Waals surface area contributed by atoms with Gasteiger partial charge in [0.2, 0.25) is 5.95 Å². The Hall–Kier alpha value is -3.63. The molecule has 1 aliphatic carbocycles. The smallest absolute Gasteiger partial charge is 0.229 e. The van der Waals surface area contributed by atoms with Gasteiger partial charge in [0.1, 0.15) is 17.4 Å². The molecule has 0 bridgehead atoms. The fourth-order valence-corrected chi connectivity index (χ4v) is 5.22. The van der Waals surface area contributed by atoms with Crippen LogP contribution in [0, 0.1) is 17.6 Å². The minimum atomic E-state index is -0.764. The van der Waals surface area contributed by atoms with Crippen molar-refractivity contribution in [2.24, 2.45) is 11.7 Å². The molecule has 36 heavy (non-hydrogen) atoms. The first kappa shape index (κ1) is 24.1. The van der Waals surface area contributed by atoms with Gasteiger partial charge in [-0.15, -0.1) is 0 Å². The maximum atomic E-state index is 14.7. The number of anilines is 2.